The number of nitrogens with zero attached hydrogens (tertiary/aromatic N) is 2. The number of nitrogens with one attached hydrogen (secondary N) is 1. The lowest BCUT2D eigenvalue weighted by Gasteiger charge is -1.89. The van der Waals surface area contributed by atoms with Gasteiger partial charge in [-0.25, -0.2) is 4.98 Å². The number of aromatic nitrogens is 3. The van der Waals surface area contributed by atoms with Gasteiger partial charge in [-0.2, -0.15) is 5.10 Å². The van der Waals surface area contributed by atoms with E-state index in [0.29, 0.717) is 0 Å². The summed E-state index contributed by atoms with van der Waals surface area (Å²) in [4.78, 5) is 4.26. The molecule has 1 aromatic heterocycles. The van der Waals surface area contributed by atoms with Crippen molar-refractivity contribution in [2.45, 2.75) is 32.6 Å². The highest BCUT2D eigenvalue weighted by molar-refractivity contribution is 4.90. The summed E-state index contributed by atoms with van der Waals surface area (Å²) in [5.74, 6) is 1.76. The summed E-state index contributed by atoms with van der Waals surface area (Å²) in [5.41, 5.74) is 0. The average Bonchev–Trinajstić information content (AvgIpc) is 2.50. The third-order valence-electron chi connectivity index (χ3n) is 1.62. The van der Waals surface area contributed by atoms with Crippen molar-refractivity contribution in [3.8, 4) is 0 Å². The maximum absolute atomic E-state index is 8.57. The van der Waals surface area contributed by atoms with Crippen molar-refractivity contribution in [1.29, 1.82) is 0 Å². The Kier molecular flexibility index (Phi) is 3.73. The summed E-state index contributed by atoms with van der Waals surface area (Å²) in [7, 11) is 0. The molecule has 0 radical (unpaired) electrons. The van der Waals surface area contributed by atoms with E-state index in [4.69, 9.17) is 5.11 Å². The lowest BCUT2D eigenvalue weighted by atomic mass is 10.3. The van der Waals surface area contributed by atoms with Gasteiger partial charge in [0.25, 0.3) is 0 Å². The molecule has 0 fully saturated rings. The molecule has 0 amide bonds. The Morgan fingerprint density at radius 2 is 2.25 bits per heavy atom. The van der Waals surface area contributed by atoms with E-state index in [1.54, 1.807) is 0 Å². The lowest BCUT2D eigenvalue weighted by Crippen LogP contribution is -1.92. The van der Waals surface area contributed by atoms with Crippen LogP contribution in [0.3, 0.4) is 0 Å². The normalized spacial score (nSPS) is 10.5. The molecule has 68 valence electrons. The first-order valence-electron chi connectivity index (χ1n) is 4.37. The number of H-pyrrole nitrogens is 1. The van der Waals surface area contributed by atoms with Crippen LogP contribution in [0.25, 0.3) is 0 Å². The zero-order valence-electron chi connectivity index (χ0n) is 7.38. The maximum Gasteiger partial charge on any atom is 0.150 e. The van der Waals surface area contributed by atoms with Crippen molar-refractivity contribution >= 4 is 0 Å². The van der Waals surface area contributed by atoms with Gasteiger partial charge in [-0.15, -0.1) is 0 Å². The molecular weight excluding hydrogens is 154 g/mol. The van der Waals surface area contributed by atoms with Crippen molar-refractivity contribution in [3.63, 3.8) is 0 Å². The monoisotopic (exact) mass is 169 g/mol. The molecule has 4 heteroatoms. The summed E-state index contributed by atoms with van der Waals surface area (Å²) < 4.78 is 0. The Bertz CT molecular complexity index is 222. The van der Waals surface area contributed by atoms with Crippen LogP contribution in [0.15, 0.2) is 0 Å². The highest BCUT2D eigenvalue weighted by Gasteiger charge is 2.00. The van der Waals surface area contributed by atoms with Crippen LogP contribution < -0.4 is 0 Å². The van der Waals surface area contributed by atoms with Crippen molar-refractivity contribution in [2.24, 2.45) is 0 Å². The lowest BCUT2D eigenvalue weighted by molar-refractivity contribution is 0.287. The smallest absolute Gasteiger partial charge is 0.150 e. The van der Waals surface area contributed by atoms with Crippen molar-refractivity contribution in [1.82, 2.24) is 15.2 Å². The molecule has 12 heavy (non-hydrogen) atoms. The Morgan fingerprint density at radius 1 is 1.42 bits per heavy atom. The Hall–Kier alpha value is -0.900. The predicted octanol–water partition coefficient (Wildman–Crippen LogP) is 0.682. The van der Waals surface area contributed by atoms with Gasteiger partial charge in [0, 0.05) is 19.4 Å². The fourth-order valence-corrected chi connectivity index (χ4v) is 1.03. The molecule has 0 spiro atoms. The highest BCUT2D eigenvalue weighted by atomic mass is 16.2. The molecule has 0 aliphatic carbocycles. The van der Waals surface area contributed by atoms with Gasteiger partial charge < -0.3 is 5.11 Å². The maximum atomic E-state index is 8.57. The highest BCUT2D eigenvalue weighted by Crippen LogP contribution is 1.98. The van der Waals surface area contributed by atoms with E-state index < -0.39 is 0 Å². The van der Waals surface area contributed by atoms with Crippen LogP contribution in [-0.2, 0) is 12.8 Å². The summed E-state index contributed by atoms with van der Waals surface area (Å²) in [6.45, 7) is 2.31. The zero-order chi connectivity index (χ0) is 8.81. The van der Waals surface area contributed by atoms with E-state index in [-0.39, 0.29) is 6.61 Å². The topological polar surface area (TPSA) is 61.8 Å². The summed E-state index contributed by atoms with van der Waals surface area (Å²) in [6, 6.07) is 0. The van der Waals surface area contributed by atoms with E-state index in [2.05, 4.69) is 22.1 Å². The van der Waals surface area contributed by atoms with Crippen LogP contribution in [-0.4, -0.2) is 26.9 Å². The molecule has 0 saturated heterocycles. The summed E-state index contributed by atoms with van der Waals surface area (Å²) >= 11 is 0. The van der Waals surface area contributed by atoms with Crippen LogP contribution in [0.2, 0.25) is 0 Å². The predicted molar refractivity (Wildman–Crippen MR) is 45.8 cm³/mol. The van der Waals surface area contributed by atoms with Gasteiger partial charge in [0.15, 0.2) is 5.82 Å². The fraction of sp³-hybridized carbons (Fsp3) is 0.750. The van der Waals surface area contributed by atoms with Crippen molar-refractivity contribution < 1.29 is 5.11 Å². The van der Waals surface area contributed by atoms with Gasteiger partial charge >= 0.3 is 0 Å². The van der Waals surface area contributed by atoms with Crippen LogP contribution in [0.1, 0.15) is 31.4 Å². The number of aliphatic hydroxyl groups is 1. The van der Waals surface area contributed by atoms with E-state index in [1.807, 2.05) is 0 Å². The number of hydrogen-bond donors (Lipinski definition) is 2. The van der Waals surface area contributed by atoms with Crippen LogP contribution >= 0.6 is 0 Å². The van der Waals surface area contributed by atoms with Gasteiger partial charge in [-0.3, -0.25) is 5.10 Å². The van der Waals surface area contributed by atoms with Gasteiger partial charge in [0.1, 0.15) is 5.82 Å². The Balaban J connectivity index is 2.41. The van der Waals surface area contributed by atoms with Gasteiger partial charge in [-0.05, 0) is 12.8 Å². The fourth-order valence-electron chi connectivity index (χ4n) is 1.03. The molecule has 0 aromatic carbocycles. The molecule has 1 rings (SSSR count). The molecule has 4 nitrogen and oxygen atoms in total. The molecule has 0 saturated carbocycles. The van der Waals surface area contributed by atoms with E-state index in [9.17, 15) is 0 Å². The Morgan fingerprint density at radius 3 is 2.92 bits per heavy atom. The third-order valence-corrected chi connectivity index (χ3v) is 1.62. The second kappa shape index (κ2) is 4.87. The second-order valence-corrected chi connectivity index (χ2v) is 2.78. The molecular formula is C8H15N3O. The summed E-state index contributed by atoms with van der Waals surface area (Å²) in [5, 5.41) is 15.5. The van der Waals surface area contributed by atoms with Crippen LogP contribution in [0, 0.1) is 0 Å². The first-order chi connectivity index (χ1) is 5.86. The zero-order valence-corrected chi connectivity index (χ0v) is 7.38. The van der Waals surface area contributed by atoms with Gasteiger partial charge in [0.05, 0.1) is 0 Å². The molecule has 0 bridgehead atoms. The molecule has 2 N–H and O–H groups in total. The number of rotatable bonds is 5. The Labute approximate surface area is 72.0 Å². The van der Waals surface area contributed by atoms with Gasteiger partial charge in [-0.1, -0.05) is 6.92 Å². The first-order valence-corrected chi connectivity index (χ1v) is 4.37. The number of hydrogen-bond acceptors (Lipinski definition) is 3. The minimum atomic E-state index is 0.206. The van der Waals surface area contributed by atoms with E-state index in [0.717, 1.165) is 37.3 Å². The standard InChI is InChI=1S/C8H15N3O/c1-2-4-7-9-8(11-10-7)5-3-6-12/h12H,2-6H2,1H3,(H,9,10,11). The molecule has 0 aliphatic rings. The average molecular weight is 169 g/mol. The number of aryl methyl sites for hydroxylation is 2. The third kappa shape index (κ3) is 2.62. The SMILES string of the molecule is CCCc1nc(CCCO)n[nH]1. The molecule has 1 heterocycles. The molecule has 0 atom stereocenters. The van der Waals surface area contributed by atoms with E-state index >= 15 is 0 Å². The minimum absolute atomic E-state index is 0.206. The largest absolute Gasteiger partial charge is 0.396 e. The van der Waals surface area contributed by atoms with Crippen molar-refractivity contribution in [2.75, 3.05) is 6.61 Å². The van der Waals surface area contributed by atoms with Gasteiger partial charge in [0.2, 0.25) is 0 Å². The van der Waals surface area contributed by atoms with E-state index in [1.165, 1.54) is 0 Å². The number of aromatic amines is 1. The van der Waals surface area contributed by atoms with Crippen molar-refractivity contribution in [3.05, 3.63) is 11.6 Å². The molecule has 0 aliphatic heterocycles. The quantitative estimate of drug-likeness (QED) is 0.681. The summed E-state index contributed by atoms with van der Waals surface area (Å²) in [6.07, 6.45) is 3.53. The first kappa shape index (κ1) is 9.19. The van der Waals surface area contributed by atoms with Crippen LogP contribution in [0.5, 0.6) is 0 Å². The molecule has 1 aromatic rings. The minimum Gasteiger partial charge on any atom is -0.396 e. The molecule has 0 unspecified atom stereocenters. The second-order valence-electron chi connectivity index (χ2n) is 2.78. The number of aliphatic hydroxyl groups excluding tert-OH is 1. The van der Waals surface area contributed by atoms with Crippen LogP contribution in [0.4, 0.5) is 0 Å².